The third-order valence-electron chi connectivity index (χ3n) is 2.04. The van der Waals surface area contributed by atoms with E-state index in [0.29, 0.717) is 5.52 Å². The smallest absolute Gasteiger partial charge is 0.156 e. The van der Waals surface area contributed by atoms with Gasteiger partial charge in [-0.1, -0.05) is 6.07 Å². The minimum Gasteiger partial charge on any atom is -0.542 e. The van der Waals surface area contributed by atoms with E-state index < -0.39 is 11.8 Å². The molecule has 0 radical (unpaired) electrons. The lowest BCUT2D eigenvalue weighted by atomic mass is 10.3. The van der Waals surface area contributed by atoms with Gasteiger partial charge in [-0.05, 0) is 12.1 Å². The first kappa shape index (κ1) is 8.68. The van der Waals surface area contributed by atoms with Gasteiger partial charge in [0.2, 0.25) is 0 Å². The number of hydrogen-bond acceptors (Lipinski definition) is 3. The van der Waals surface area contributed by atoms with Gasteiger partial charge in [0.1, 0.15) is 11.5 Å². The Morgan fingerprint density at radius 3 is 2.86 bits per heavy atom. The van der Waals surface area contributed by atoms with Crippen LogP contribution in [0.4, 0.5) is 4.39 Å². The Morgan fingerprint density at radius 1 is 1.57 bits per heavy atom. The second kappa shape index (κ2) is 2.80. The number of fused-ring (bicyclic) bond motifs is 1. The highest BCUT2D eigenvalue weighted by atomic mass is 19.1. The van der Waals surface area contributed by atoms with E-state index in [1.165, 1.54) is 23.7 Å². The van der Waals surface area contributed by atoms with E-state index in [1.54, 1.807) is 6.07 Å². The Hall–Kier alpha value is -1.91. The fraction of sp³-hybridized carbons (Fsp3) is 0.111. The van der Waals surface area contributed by atoms with Gasteiger partial charge in [-0.2, -0.15) is 0 Å². The SMILES string of the molecule is Cn1c(C(=O)[O-])nc2c(F)cccc21. The summed E-state index contributed by atoms with van der Waals surface area (Å²) < 4.78 is 14.4. The van der Waals surface area contributed by atoms with E-state index in [0.717, 1.165) is 0 Å². The highest BCUT2D eigenvalue weighted by molar-refractivity contribution is 5.88. The van der Waals surface area contributed by atoms with Crippen molar-refractivity contribution in [2.75, 3.05) is 0 Å². The molecule has 0 atom stereocenters. The first-order chi connectivity index (χ1) is 6.61. The van der Waals surface area contributed by atoms with Crippen molar-refractivity contribution in [3.05, 3.63) is 29.8 Å². The molecule has 0 amide bonds. The van der Waals surface area contributed by atoms with Crippen molar-refractivity contribution in [2.45, 2.75) is 0 Å². The molecular weight excluding hydrogens is 187 g/mol. The molecule has 0 N–H and O–H groups in total. The number of carbonyl (C=O) groups is 1. The summed E-state index contributed by atoms with van der Waals surface area (Å²) in [5, 5.41) is 10.6. The largest absolute Gasteiger partial charge is 0.542 e. The lowest BCUT2D eigenvalue weighted by Gasteiger charge is -2.00. The van der Waals surface area contributed by atoms with Crippen molar-refractivity contribution in [1.82, 2.24) is 9.55 Å². The zero-order valence-electron chi connectivity index (χ0n) is 7.32. The van der Waals surface area contributed by atoms with Crippen LogP contribution in [0.2, 0.25) is 0 Å². The van der Waals surface area contributed by atoms with Gasteiger partial charge < -0.3 is 14.5 Å². The molecule has 1 aromatic carbocycles. The average molecular weight is 193 g/mol. The molecule has 0 spiro atoms. The van der Waals surface area contributed by atoms with E-state index in [9.17, 15) is 14.3 Å². The molecule has 2 aromatic rings. The molecule has 0 saturated carbocycles. The molecule has 0 fully saturated rings. The van der Waals surface area contributed by atoms with E-state index >= 15 is 0 Å². The summed E-state index contributed by atoms with van der Waals surface area (Å²) in [7, 11) is 1.50. The fourth-order valence-electron chi connectivity index (χ4n) is 1.36. The minimum atomic E-state index is -1.41. The van der Waals surface area contributed by atoms with Crippen molar-refractivity contribution < 1.29 is 14.3 Å². The summed E-state index contributed by atoms with van der Waals surface area (Å²) in [6, 6.07) is 4.32. The maximum Gasteiger partial charge on any atom is 0.156 e. The number of nitrogens with zero attached hydrogens (tertiary/aromatic N) is 2. The number of benzene rings is 1. The van der Waals surface area contributed by atoms with Crippen LogP contribution in [0.5, 0.6) is 0 Å². The van der Waals surface area contributed by atoms with Gasteiger partial charge >= 0.3 is 0 Å². The number of aromatic nitrogens is 2. The van der Waals surface area contributed by atoms with Crippen LogP contribution in [0.3, 0.4) is 0 Å². The number of carboxylic acids is 1. The fourth-order valence-corrected chi connectivity index (χ4v) is 1.36. The highest BCUT2D eigenvalue weighted by Crippen LogP contribution is 2.17. The summed E-state index contributed by atoms with van der Waals surface area (Å²) >= 11 is 0. The van der Waals surface area contributed by atoms with E-state index in [2.05, 4.69) is 4.98 Å². The predicted octanol–water partition coefficient (Wildman–Crippen LogP) is 0.0759. The summed E-state index contributed by atoms with van der Waals surface area (Å²) in [5.74, 6) is -2.22. The zero-order chi connectivity index (χ0) is 10.3. The number of aryl methyl sites for hydroxylation is 1. The van der Waals surface area contributed by atoms with E-state index in [4.69, 9.17) is 0 Å². The number of rotatable bonds is 1. The lowest BCUT2D eigenvalue weighted by Crippen LogP contribution is -2.25. The van der Waals surface area contributed by atoms with Crippen LogP contribution in [-0.4, -0.2) is 15.5 Å². The topological polar surface area (TPSA) is 58.0 Å². The molecule has 0 aliphatic rings. The van der Waals surface area contributed by atoms with Crippen molar-refractivity contribution in [3.8, 4) is 0 Å². The van der Waals surface area contributed by atoms with E-state index in [1.807, 2.05) is 0 Å². The van der Waals surface area contributed by atoms with Crippen molar-refractivity contribution >= 4 is 17.0 Å². The molecule has 2 rings (SSSR count). The normalized spacial score (nSPS) is 10.7. The quantitative estimate of drug-likeness (QED) is 0.644. The molecule has 0 unspecified atom stereocenters. The second-order valence-corrected chi connectivity index (χ2v) is 2.89. The maximum absolute atomic E-state index is 13.2. The molecule has 1 aromatic heterocycles. The van der Waals surface area contributed by atoms with Gasteiger partial charge in [-0.3, -0.25) is 0 Å². The summed E-state index contributed by atoms with van der Waals surface area (Å²) in [6.07, 6.45) is 0. The van der Waals surface area contributed by atoms with Gasteiger partial charge in [0.25, 0.3) is 0 Å². The van der Waals surface area contributed by atoms with Gasteiger partial charge in [-0.15, -0.1) is 0 Å². The molecule has 0 aliphatic carbocycles. The number of hydrogen-bond donors (Lipinski definition) is 0. The Morgan fingerprint density at radius 2 is 2.29 bits per heavy atom. The zero-order valence-corrected chi connectivity index (χ0v) is 7.32. The van der Waals surface area contributed by atoms with E-state index in [-0.39, 0.29) is 11.3 Å². The molecule has 0 saturated heterocycles. The number of halogens is 1. The number of carbonyl (C=O) groups excluding carboxylic acids is 1. The van der Waals surface area contributed by atoms with Crippen LogP contribution in [0.25, 0.3) is 11.0 Å². The van der Waals surface area contributed by atoms with Gasteiger partial charge in [-0.25, -0.2) is 9.37 Å². The second-order valence-electron chi connectivity index (χ2n) is 2.89. The van der Waals surface area contributed by atoms with Crippen molar-refractivity contribution in [2.24, 2.45) is 7.05 Å². The first-order valence-corrected chi connectivity index (χ1v) is 3.93. The van der Waals surface area contributed by atoms with Crippen LogP contribution in [0.15, 0.2) is 18.2 Å². The Balaban J connectivity index is 2.86. The van der Waals surface area contributed by atoms with Crippen LogP contribution in [0.1, 0.15) is 10.6 Å². The number of para-hydroxylation sites is 1. The molecular formula is C9H6FN2O2-. The molecule has 0 bridgehead atoms. The van der Waals surface area contributed by atoms with Crippen LogP contribution in [-0.2, 0) is 7.05 Å². The predicted molar refractivity (Wildman–Crippen MR) is 45.0 cm³/mol. The molecule has 4 nitrogen and oxygen atoms in total. The number of aromatic carboxylic acids is 1. The summed E-state index contributed by atoms with van der Waals surface area (Å²) in [6.45, 7) is 0. The minimum absolute atomic E-state index is 0.0502. The van der Waals surface area contributed by atoms with Gasteiger partial charge in [0.05, 0.1) is 5.52 Å². The standard InChI is InChI=1S/C9H7FN2O2/c1-12-6-4-2-3-5(10)7(6)11-8(12)9(13)14/h2-4H,1H3,(H,13,14)/p-1. The van der Waals surface area contributed by atoms with Gasteiger partial charge in [0, 0.05) is 7.05 Å². The first-order valence-electron chi connectivity index (χ1n) is 3.93. The molecule has 5 heteroatoms. The van der Waals surface area contributed by atoms with Crippen molar-refractivity contribution in [1.29, 1.82) is 0 Å². The summed E-state index contributed by atoms with van der Waals surface area (Å²) in [5.41, 5.74) is 0.485. The van der Waals surface area contributed by atoms with Crippen LogP contribution >= 0.6 is 0 Å². The Kier molecular flexibility index (Phi) is 1.73. The van der Waals surface area contributed by atoms with Gasteiger partial charge in [0.15, 0.2) is 11.6 Å². The average Bonchev–Trinajstić information content (AvgIpc) is 2.46. The lowest BCUT2D eigenvalue weighted by molar-refractivity contribution is -0.256. The van der Waals surface area contributed by atoms with Crippen LogP contribution < -0.4 is 5.11 Å². The van der Waals surface area contributed by atoms with Crippen molar-refractivity contribution in [3.63, 3.8) is 0 Å². The summed E-state index contributed by atoms with van der Waals surface area (Å²) in [4.78, 5) is 14.2. The molecule has 0 aliphatic heterocycles. The van der Waals surface area contributed by atoms with Crippen LogP contribution in [0, 0.1) is 5.82 Å². The Bertz CT molecular complexity index is 519. The molecule has 72 valence electrons. The number of carboxylic acid groups (broad SMARTS) is 1. The monoisotopic (exact) mass is 193 g/mol. The molecule has 1 heterocycles. The maximum atomic E-state index is 13.2. The third kappa shape index (κ3) is 1.06. The number of imidazole rings is 1. The highest BCUT2D eigenvalue weighted by Gasteiger charge is 2.10. The Labute approximate surface area is 78.6 Å². The molecule has 14 heavy (non-hydrogen) atoms. The third-order valence-corrected chi connectivity index (χ3v) is 2.04.